The molecule has 0 aromatic heterocycles. The molecule has 0 fully saturated rings. The Labute approximate surface area is 147 Å². The first-order chi connectivity index (χ1) is 11.6. The van der Waals surface area contributed by atoms with Crippen molar-refractivity contribution in [3.63, 3.8) is 0 Å². The molecule has 1 rings (SSSR count). The number of rotatable bonds is 9. The van der Waals surface area contributed by atoms with Crippen LogP contribution in [0.15, 0.2) is 29.2 Å². The third-order valence-electron chi connectivity index (χ3n) is 3.47. The molecule has 1 aromatic rings. The van der Waals surface area contributed by atoms with Crippen LogP contribution in [-0.4, -0.2) is 44.6 Å². The van der Waals surface area contributed by atoms with E-state index in [9.17, 15) is 18.0 Å². The number of carboxylic acids is 1. The maximum absolute atomic E-state index is 12.5. The van der Waals surface area contributed by atoms with Gasteiger partial charge in [0.1, 0.15) is 11.8 Å². The molecule has 0 aliphatic carbocycles. The lowest BCUT2D eigenvalue weighted by molar-refractivity contribution is -0.137. The summed E-state index contributed by atoms with van der Waals surface area (Å²) in [5.74, 6) is -1.43. The van der Waals surface area contributed by atoms with Crippen LogP contribution < -0.4 is 14.8 Å². The van der Waals surface area contributed by atoms with Crippen LogP contribution in [-0.2, 0) is 19.6 Å². The molecule has 0 spiro atoms. The summed E-state index contributed by atoms with van der Waals surface area (Å²) in [5.41, 5.74) is 0. The molecule has 0 radical (unpaired) electrons. The summed E-state index contributed by atoms with van der Waals surface area (Å²) in [6.07, 6.45) is -0.248. The number of hydrogen-bond acceptors (Lipinski definition) is 5. The normalized spacial score (nSPS) is 14.0. The van der Waals surface area contributed by atoms with Crippen LogP contribution in [0.3, 0.4) is 0 Å². The Morgan fingerprint density at radius 2 is 1.72 bits per heavy atom. The number of hydrogen-bond donors (Lipinski definition) is 3. The predicted molar refractivity (Wildman–Crippen MR) is 91.8 cm³/mol. The van der Waals surface area contributed by atoms with E-state index >= 15 is 0 Å². The van der Waals surface area contributed by atoms with Gasteiger partial charge in [-0.3, -0.25) is 9.59 Å². The summed E-state index contributed by atoms with van der Waals surface area (Å²) in [4.78, 5) is 23.0. The Morgan fingerprint density at radius 1 is 1.16 bits per heavy atom. The fourth-order valence-electron chi connectivity index (χ4n) is 2.13. The molecule has 3 N–H and O–H groups in total. The van der Waals surface area contributed by atoms with Crippen LogP contribution in [0.4, 0.5) is 0 Å². The summed E-state index contributed by atoms with van der Waals surface area (Å²) in [7, 11) is -2.44. The summed E-state index contributed by atoms with van der Waals surface area (Å²) in [5, 5.41) is 11.3. The molecule has 0 bridgehead atoms. The van der Waals surface area contributed by atoms with Gasteiger partial charge in [0.2, 0.25) is 15.9 Å². The maximum atomic E-state index is 12.5. The molecule has 9 heteroatoms. The van der Waals surface area contributed by atoms with Crippen LogP contribution in [0.2, 0.25) is 0 Å². The highest BCUT2D eigenvalue weighted by atomic mass is 32.2. The zero-order chi connectivity index (χ0) is 19.2. The highest BCUT2D eigenvalue weighted by molar-refractivity contribution is 7.89. The van der Waals surface area contributed by atoms with E-state index in [-0.39, 0.29) is 17.2 Å². The van der Waals surface area contributed by atoms with E-state index in [1.807, 2.05) is 0 Å². The number of carbonyl (C=O) groups is 2. The number of amides is 1. The number of sulfonamides is 1. The van der Waals surface area contributed by atoms with Crippen molar-refractivity contribution in [1.82, 2.24) is 10.0 Å². The minimum absolute atomic E-state index is 0.00494. The third-order valence-corrected chi connectivity index (χ3v) is 4.93. The number of nitrogens with one attached hydrogen (secondary N) is 2. The van der Waals surface area contributed by atoms with Gasteiger partial charge in [-0.15, -0.1) is 0 Å². The van der Waals surface area contributed by atoms with E-state index in [0.717, 1.165) is 0 Å². The highest BCUT2D eigenvalue weighted by Gasteiger charge is 2.29. The van der Waals surface area contributed by atoms with Crippen molar-refractivity contribution < 1.29 is 27.9 Å². The zero-order valence-electron chi connectivity index (χ0n) is 14.6. The first kappa shape index (κ1) is 20.9. The third kappa shape index (κ3) is 6.35. The van der Waals surface area contributed by atoms with Crippen molar-refractivity contribution in [2.45, 2.75) is 44.2 Å². The maximum Gasteiger partial charge on any atom is 0.305 e. The molecule has 2 unspecified atom stereocenters. The van der Waals surface area contributed by atoms with E-state index in [4.69, 9.17) is 9.84 Å². The first-order valence-electron chi connectivity index (χ1n) is 7.75. The van der Waals surface area contributed by atoms with E-state index < -0.39 is 34.0 Å². The molecule has 1 aromatic carbocycles. The van der Waals surface area contributed by atoms with Crippen LogP contribution in [0.25, 0.3) is 0 Å². The van der Waals surface area contributed by atoms with Crippen molar-refractivity contribution >= 4 is 21.9 Å². The van der Waals surface area contributed by atoms with Crippen molar-refractivity contribution in [1.29, 1.82) is 0 Å². The number of carbonyl (C=O) groups excluding carboxylic acids is 1. The summed E-state index contributed by atoms with van der Waals surface area (Å²) < 4.78 is 32.3. The molecule has 8 nitrogen and oxygen atoms in total. The van der Waals surface area contributed by atoms with E-state index in [1.54, 1.807) is 20.8 Å². The minimum Gasteiger partial charge on any atom is -0.497 e. The zero-order valence-corrected chi connectivity index (χ0v) is 15.5. The predicted octanol–water partition coefficient (Wildman–Crippen LogP) is 0.978. The Hall–Kier alpha value is -2.13. The lowest BCUT2D eigenvalue weighted by Gasteiger charge is -2.23. The molecular weight excluding hydrogens is 348 g/mol. The Morgan fingerprint density at radius 3 is 2.16 bits per heavy atom. The van der Waals surface area contributed by atoms with Gasteiger partial charge in [-0.1, -0.05) is 13.8 Å². The quantitative estimate of drug-likeness (QED) is 0.594. The average Bonchev–Trinajstić information content (AvgIpc) is 2.51. The number of aliphatic carboxylic acids is 1. The van der Waals surface area contributed by atoms with Gasteiger partial charge in [-0.25, -0.2) is 8.42 Å². The van der Waals surface area contributed by atoms with Crippen LogP contribution in [0.1, 0.15) is 27.2 Å². The second-order valence-electron chi connectivity index (χ2n) is 6.03. The SMILES string of the molecule is COc1ccc(S(=O)(=O)NC(C(=O)NC(C)CC(=O)O)C(C)C)cc1. The number of benzene rings is 1. The molecule has 1 amide bonds. The Bertz CT molecular complexity index is 700. The molecule has 0 saturated carbocycles. The fourth-order valence-corrected chi connectivity index (χ4v) is 3.47. The van der Waals surface area contributed by atoms with E-state index in [2.05, 4.69) is 10.0 Å². The van der Waals surface area contributed by atoms with Gasteiger partial charge in [0.15, 0.2) is 0 Å². The lowest BCUT2D eigenvalue weighted by atomic mass is 10.0. The number of methoxy groups -OCH3 is 1. The molecule has 2 atom stereocenters. The van der Waals surface area contributed by atoms with Crippen molar-refractivity contribution in [2.75, 3.05) is 7.11 Å². The molecular formula is C16H24N2O6S. The van der Waals surface area contributed by atoms with Gasteiger partial charge in [0.25, 0.3) is 0 Å². The van der Waals surface area contributed by atoms with Gasteiger partial charge in [-0.05, 0) is 37.1 Å². The monoisotopic (exact) mass is 372 g/mol. The summed E-state index contributed by atoms with van der Waals surface area (Å²) in [6.45, 7) is 4.94. The van der Waals surface area contributed by atoms with Gasteiger partial charge >= 0.3 is 5.97 Å². The highest BCUT2D eigenvalue weighted by Crippen LogP contribution is 2.17. The molecule has 0 aliphatic heterocycles. The van der Waals surface area contributed by atoms with Crippen molar-refractivity contribution in [3.05, 3.63) is 24.3 Å². The molecule has 140 valence electrons. The lowest BCUT2D eigenvalue weighted by Crippen LogP contribution is -2.51. The smallest absolute Gasteiger partial charge is 0.305 e. The largest absolute Gasteiger partial charge is 0.497 e. The molecule has 0 aliphatic rings. The van der Waals surface area contributed by atoms with Crippen LogP contribution >= 0.6 is 0 Å². The summed E-state index contributed by atoms with van der Waals surface area (Å²) in [6, 6.07) is 4.13. The standard InChI is InChI=1S/C16H24N2O6S/c1-10(2)15(16(21)17-11(3)9-14(19)20)18-25(22,23)13-7-5-12(24-4)6-8-13/h5-8,10-11,15,18H,9H2,1-4H3,(H,17,21)(H,19,20). The number of ether oxygens (including phenoxy) is 1. The second-order valence-corrected chi connectivity index (χ2v) is 7.74. The first-order valence-corrected chi connectivity index (χ1v) is 9.23. The fraction of sp³-hybridized carbons (Fsp3) is 0.500. The van der Waals surface area contributed by atoms with E-state index in [0.29, 0.717) is 5.75 Å². The second kappa shape index (κ2) is 8.82. The van der Waals surface area contributed by atoms with Crippen molar-refractivity contribution in [3.8, 4) is 5.75 Å². The van der Waals surface area contributed by atoms with Gasteiger partial charge < -0.3 is 15.2 Å². The van der Waals surface area contributed by atoms with Gasteiger partial charge in [0, 0.05) is 6.04 Å². The van der Waals surface area contributed by atoms with Gasteiger partial charge in [0.05, 0.1) is 18.4 Å². The molecule has 25 heavy (non-hydrogen) atoms. The topological polar surface area (TPSA) is 122 Å². The average molecular weight is 372 g/mol. The van der Waals surface area contributed by atoms with Crippen LogP contribution in [0, 0.1) is 5.92 Å². The molecule has 0 heterocycles. The van der Waals surface area contributed by atoms with Gasteiger partial charge in [-0.2, -0.15) is 4.72 Å². The number of carboxylic acid groups (broad SMARTS) is 1. The Kier molecular flexibility index (Phi) is 7.38. The summed E-state index contributed by atoms with van der Waals surface area (Å²) >= 11 is 0. The van der Waals surface area contributed by atoms with Crippen molar-refractivity contribution in [2.24, 2.45) is 5.92 Å². The Balaban J connectivity index is 2.91. The van der Waals surface area contributed by atoms with Crippen LogP contribution in [0.5, 0.6) is 5.75 Å². The minimum atomic E-state index is -3.92. The van der Waals surface area contributed by atoms with E-state index in [1.165, 1.54) is 31.4 Å². The molecule has 0 saturated heterocycles.